The van der Waals surface area contributed by atoms with Crippen LogP contribution in [-0.4, -0.2) is 18.5 Å². The molecule has 0 saturated heterocycles. The van der Waals surface area contributed by atoms with Gasteiger partial charge in [-0.15, -0.1) is 0 Å². The van der Waals surface area contributed by atoms with Gasteiger partial charge >= 0.3 is 0 Å². The molecular weight excluding hydrogens is 210 g/mol. The molecule has 0 atom stereocenters. The Kier molecular flexibility index (Phi) is 2.80. The van der Waals surface area contributed by atoms with Crippen LogP contribution in [0.15, 0.2) is 24.3 Å². The zero-order chi connectivity index (χ0) is 10.9. The fraction of sp³-hybridized carbons (Fsp3) is 0.455. The third kappa shape index (κ3) is 2.06. The van der Waals surface area contributed by atoms with Crippen LogP contribution in [-0.2, 0) is 23.1 Å². The van der Waals surface area contributed by atoms with Gasteiger partial charge in [-0.1, -0.05) is 31.2 Å². The van der Waals surface area contributed by atoms with Crippen molar-refractivity contribution in [3.63, 3.8) is 0 Å². The molecule has 1 aromatic rings. The van der Waals surface area contributed by atoms with E-state index in [4.69, 9.17) is 0 Å². The SMILES string of the molecule is CCCS(=O)(=O)N1Cc2ccccc2C1. The summed E-state index contributed by atoms with van der Waals surface area (Å²) in [6.07, 6.45) is 0.676. The largest absolute Gasteiger partial charge is 0.214 e. The molecule has 4 heteroatoms. The second-order valence-corrected chi connectivity index (χ2v) is 5.94. The van der Waals surface area contributed by atoms with Crippen molar-refractivity contribution in [2.75, 3.05) is 5.75 Å². The van der Waals surface area contributed by atoms with E-state index >= 15 is 0 Å². The lowest BCUT2D eigenvalue weighted by atomic mass is 10.1. The molecule has 0 N–H and O–H groups in total. The maximum Gasteiger partial charge on any atom is 0.214 e. The highest BCUT2D eigenvalue weighted by molar-refractivity contribution is 7.89. The van der Waals surface area contributed by atoms with Gasteiger partial charge in [0.05, 0.1) is 5.75 Å². The van der Waals surface area contributed by atoms with Gasteiger partial charge in [-0.3, -0.25) is 0 Å². The Morgan fingerprint density at radius 1 is 1.20 bits per heavy atom. The molecule has 0 radical (unpaired) electrons. The maximum absolute atomic E-state index is 11.8. The number of sulfonamides is 1. The van der Waals surface area contributed by atoms with Crippen LogP contribution < -0.4 is 0 Å². The minimum absolute atomic E-state index is 0.251. The van der Waals surface area contributed by atoms with Gasteiger partial charge in [-0.25, -0.2) is 8.42 Å². The first-order chi connectivity index (χ1) is 7.13. The van der Waals surface area contributed by atoms with Gasteiger partial charge in [0.2, 0.25) is 10.0 Å². The van der Waals surface area contributed by atoms with E-state index in [1.165, 1.54) is 0 Å². The molecule has 82 valence electrons. The van der Waals surface area contributed by atoms with Crippen molar-refractivity contribution in [1.82, 2.24) is 4.31 Å². The van der Waals surface area contributed by atoms with Crippen molar-refractivity contribution in [1.29, 1.82) is 0 Å². The van der Waals surface area contributed by atoms with Crippen LogP contribution in [0.3, 0.4) is 0 Å². The molecule has 1 aliphatic heterocycles. The number of hydrogen-bond acceptors (Lipinski definition) is 2. The van der Waals surface area contributed by atoms with Gasteiger partial charge in [0.1, 0.15) is 0 Å². The number of rotatable bonds is 3. The minimum Gasteiger partial charge on any atom is -0.212 e. The van der Waals surface area contributed by atoms with E-state index in [9.17, 15) is 8.42 Å². The lowest BCUT2D eigenvalue weighted by Crippen LogP contribution is -2.27. The smallest absolute Gasteiger partial charge is 0.212 e. The predicted molar refractivity (Wildman–Crippen MR) is 59.8 cm³/mol. The van der Waals surface area contributed by atoms with Gasteiger partial charge in [0.15, 0.2) is 0 Å². The number of nitrogens with zero attached hydrogens (tertiary/aromatic N) is 1. The number of hydrogen-bond donors (Lipinski definition) is 0. The molecule has 0 unspecified atom stereocenters. The summed E-state index contributed by atoms with van der Waals surface area (Å²) >= 11 is 0. The highest BCUT2D eigenvalue weighted by Gasteiger charge is 2.27. The molecule has 0 spiro atoms. The molecule has 1 heterocycles. The maximum atomic E-state index is 11.8. The Labute approximate surface area is 90.8 Å². The highest BCUT2D eigenvalue weighted by Crippen LogP contribution is 2.25. The molecule has 15 heavy (non-hydrogen) atoms. The van der Waals surface area contributed by atoms with Crippen molar-refractivity contribution in [3.8, 4) is 0 Å². The van der Waals surface area contributed by atoms with E-state index in [1.807, 2.05) is 31.2 Å². The number of fused-ring (bicyclic) bond motifs is 1. The summed E-state index contributed by atoms with van der Waals surface area (Å²) in [6, 6.07) is 7.90. The lowest BCUT2D eigenvalue weighted by molar-refractivity contribution is 0.431. The van der Waals surface area contributed by atoms with Crippen molar-refractivity contribution >= 4 is 10.0 Å². The van der Waals surface area contributed by atoms with Crippen LogP contribution in [0.4, 0.5) is 0 Å². The van der Waals surface area contributed by atoms with Crippen molar-refractivity contribution in [3.05, 3.63) is 35.4 Å². The zero-order valence-corrected chi connectivity index (χ0v) is 9.63. The molecular formula is C11H15NO2S. The van der Waals surface area contributed by atoms with E-state index < -0.39 is 10.0 Å². The first-order valence-electron chi connectivity index (χ1n) is 5.18. The monoisotopic (exact) mass is 225 g/mol. The molecule has 0 aromatic heterocycles. The first-order valence-corrected chi connectivity index (χ1v) is 6.79. The fourth-order valence-corrected chi connectivity index (χ4v) is 3.33. The normalized spacial score (nSPS) is 16.6. The second-order valence-electron chi connectivity index (χ2n) is 3.85. The van der Waals surface area contributed by atoms with Crippen LogP contribution in [0, 0.1) is 0 Å². The van der Waals surface area contributed by atoms with Crippen LogP contribution in [0.25, 0.3) is 0 Å². The average molecular weight is 225 g/mol. The van der Waals surface area contributed by atoms with Gasteiger partial charge in [0, 0.05) is 13.1 Å². The summed E-state index contributed by atoms with van der Waals surface area (Å²) in [7, 11) is -3.04. The Morgan fingerprint density at radius 2 is 1.73 bits per heavy atom. The Bertz CT molecular complexity index is 428. The van der Waals surface area contributed by atoms with Crippen molar-refractivity contribution in [2.24, 2.45) is 0 Å². The molecule has 0 saturated carbocycles. The summed E-state index contributed by atoms with van der Waals surface area (Å²) in [4.78, 5) is 0. The summed E-state index contributed by atoms with van der Waals surface area (Å²) < 4.78 is 25.2. The van der Waals surface area contributed by atoms with E-state index in [0.717, 1.165) is 11.1 Å². The Hall–Kier alpha value is -0.870. The van der Waals surface area contributed by atoms with Crippen LogP contribution in [0.5, 0.6) is 0 Å². The average Bonchev–Trinajstić information content (AvgIpc) is 2.61. The summed E-state index contributed by atoms with van der Waals surface area (Å²) in [6.45, 7) is 2.97. The van der Waals surface area contributed by atoms with Gasteiger partial charge in [0.25, 0.3) is 0 Å². The lowest BCUT2D eigenvalue weighted by Gasteiger charge is -2.14. The van der Waals surface area contributed by atoms with Crippen LogP contribution >= 0.6 is 0 Å². The van der Waals surface area contributed by atoms with Gasteiger partial charge in [-0.05, 0) is 17.5 Å². The standard InChI is InChI=1S/C11H15NO2S/c1-2-7-15(13,14)12-8-10-5-3-4-6-11(10)9-12/h3-6H,2,7-9H2,1H3. The molecule has 2 rings (SSSR count). The molecule has 0 fully saturated rings. The predicted octanol–water partition coefficient (Wildman–Crippen LogP) is 1.74. The summed E-state index contributed by atoms with van der Waals surface area (Å²) in [5.41, 5.74) is 2.27. The van der Waals surface area contributed by atoms with Crippen LogP contribution in [0.2, 0.25) is 0 Å². The third-order valence-electron chi connectivity index (χ3n) is 2.67. The fourth-order valence-electron chi connectivity index (χ4n) is 1.89. The second kappa shape index (κ2) is 3.94. The quantitative estimate of drug-likeness (QED) is 0.785. The molecule has 0 aliphatic carbocycles. The van der Waals surface area contributed by atoms with E-state index in [2.05, 4.69) is 0 Å². The summed E-state index contributed by atoms with van der Waals surface area (Å²) in [5.74, 6) is 0.251. The van der Waals surface area contributed by atoms with E-state index in [1.54, 1.807) is 4.31 Å². The number of benzene rings is 1. The van der Waals surface area contributed by atoms with Gasteiger partial charge < -0.3 is 0 Å². The Balaban J connectivity index is 2.20. The highest BCUT2D eigenvalue weighted by atomic mass is 32.2. The Morgan fingerprint density at radius 3 is 2.20 bits per heavy atom. The summed E-state index contributed by atoms with van der Waals surface area (Å²) in [5, 5.41) is 0. The zero-order valence-electron chi connectivity index (χ0n) is 8.81. The molecule has 1 aromatic carbocycles. The first kappa shape index (κ1) is 10.6. The molecule has 1 aliphatic rings. The van der Waals surface area contributed by atoms with Crippen molar-refractivity contribution in [2.45, 2.75) is 26.4 Å². The van der Waals surface area contributed by atoms with E-state index in [-0.39, 0.29) is 5.75 Å². The van der Waals surface area contributed by atoms with Gasteiger partial charge in [-0.2, -0.15) is 4.31 Å². The molecule has 0 amide bonds. The minimum atomic E-state index is -3.04. The van der Waals surface area contributed by atoms with Crippen LogP contribution in [0.1, 0.15) is 24.5 Å². The third-order valence-corrected chi connectivity index (χ3v) is 4.64. The molecule has 0 bridgehead atoms. The van der Waals surface area contributed by atoms with Crippen molar-refractivity contribution < 1.29 is 8.42 Å². The molecule has 3 nitrogen and oxygen atoms in total. The topological polar surface area (TPSA) is 37.4 Å². The van der Waals surface area contributed by atoms with E-state index in [0.29, 0.717) is 19.5 Å².